The Morgan fingerprint density at radius 2 is 1.92 bits per heavy atom. The highest BCUT2D eigenvalue weighted by atomic mass is 79.9. The van der Waals surface area contributed by atoms with Crippen LogP contribution in [0.15, 0.2) is 39.7 Å². The van der Waals surface area contributed by atoms with E-state index in [4.69, 9.17) is 9.84 Å². The van der Waals surface area contributed by atoms with Crippen molar-refractivity contribution in [1.29, 1.82) is 0 Å². The Morgan fingerprint density at radius 1 is 1.24 bits per heavy atom. The van der Waals surface area contributed by atoms with Crippen molar-refractivity contribution < 1.29 is 31.8 Å². The molecule has 0 heterocycles. The lowest BCUT2D eigenvalue weighted by molar-refractivity contribution is 0.0692. The Bertz CT molecular complexity index is 934. The highest BCUT2D eigenvalue weighted by molar-refractivity contribution is 9.10. The van der Waals surface area contributed by atoms with E-state index in [2.05, 4.69) is 15.9 Å². The van der Waals surface area contributed by atoms with Crippen LogP contribution in [0.4, 0.5) is 14.5 Å². The first-order valence-electron chi connectivity index (χ1n) is 6.83. The molecule has 0 fully saturated rings. The summed E-state index contributed by atoms with van der Waals surface area (Å²) in [6, 6.07) is 5.08. The largest absolute Gasteiger partial charge is 0.492 e. The number of hydrogen-bond donors (Lipinski definition) is 2. The van der Waals surface area contributed by atoms with E-state index in [1.54, 1.807) is 13.0 Å². The number of nitrogens with one attached hydrogen (secondary N) is 1. The molecule has 6 nitrogen and oxygen atoms in total. The zero-order valence-electron chi connectivity index (χ0n) is 12.7. The molecule has 0 radical (unpaired) electrons. The summed E-state index contributed by atoms with van der Waals surface area (Å²) in [5, 5.41) is 8.88. The maximum Gasteiger partial charge on any atom is 0.338 e. The van der Waals surface area contributed by atoms with E-state index < -0.39 is 38.9 Å². The van der Waals surface area contributed by atoms with Crippen molar-refractivity contribution in [3.05, 3.63) is 52.0 Å². The van der Waals surface area contributed by atoms with Gasteiger partial charge in [-0.25, -0.2) is 22.0 Å². The summed E-state index contributed by atoms with van der Waals surface area (Å²) < 4.78 is 60.0. The molecular formula is C15H12BrF2NO5S. The number of benzene rings is 2. The molecule has 0 atom stereocenters. The molecule has 2 aromatic rings. The van der Waals surface area contributed by atoms with Crippen LogP contribution in [-0.4, -0.2) is 26.1 Å². The Kier molecular flexibility index (Phi) is 5.63. The molecule has 0 unspecified atom stereocenters. The summed E-state index contributed by atoms with van der Waals surface area (Å²) in [5.74, 6) is -4.20. The van der Waals surface area contributed by atoms with Crippen LogP contribution in [0.2, 0.25) is 0 Å². The van der Waals surface area contributed by atoms with Crippen LogP contribution in [0.3, 0.4) is 0 Å². The molecule has 0 aromatic heterocycles. The number of ether oxygens (including phenoxy) is 1. The van der Waals surface area contributed by atoms with Gasteiger partial charge in [0.2, 0.25) is 0 Å². The molecule has 0 saturated carbocycles. The van der Waals surface area contributed by atoms with E-state index in [1.165, 1.54) is 12.1 Å². The molecule has 0 bridgehead atoms. The second kappa shape index (κ2) is 7.36. The SMILES string of the molecule is CCOc1ccc(Br)cc1S(=O)(=O)Nc1cc(C(=O)O)c(F)cc1F. The number of halogens is 3. The van der Waals surface area contributed by atoms with E-state index in [0.717, 1.165) is 0 Å². The van der Waals surface area contributed by atoms with E-state index in [1.807, 2.05) is 4.72 Å². The first-order chi connectivity index (χ1) is 11.7. The highest BCUT2D eigenvalue weighted by Crippen LogP contribution is 2.30. The van der Waals surface area contributed by atoms with Gasteiger partial charge in [0.15, 0.2) is 0 Å². The lowest BCUT2D eigenvalue weighted by Gasteiger charge is -2.14. The molecule has 2 aromatic carbocycles. The molecule has 0 saturated heterocycles. The van der Waals surface area contributed by atoms with Crippen molar-refractivity contribution in [3.63, 3.8) is 0 Å². The van der Waals surface area contributed by atoms with Crippen molar-refractivity contribution in [3.8, 4) is 5.75 Å². The molecule has 2 rings (SSSR count). The summed E-state index contributed by atoms with van der Waals surface area (Å²) >= 11 is 3.13. The van der Waals surface area contributed by atoms with Gasteiger partial charge in [-0.15, -0.1) is 0 Å². The van der Waals surface area contributed by atoms with E-state index in [9.17, 15) is 22.0 Å². The van der Waals surface area contributed by atoms with Crippen LogP contribution in [0, 0.1) is 11.6 Å². The van der Waals surface area contributed by atoms with Gasteiger partial charge in [0.25, 0.3) is 10.0 Å². The van der Waals surface area contributed by atoms with Crippen molar-refractivity contribution in [1.82, 2.24) is 0 Å². The van der Waals surface area contributed by atoms with Gasteiger partial charge in [-0.1, -0.05) is 15.9 Å². The van der Waals surface area contributed by atoms with Crippen LogP contribution in [0.5, 0.6) is 5.75 Å². The van der Waals surface area contributed by atoms with Crippen molar-refractivity contribution in [2.45, 2.75) is 11.8 Å². The van der Waals surface area contributed by atoms with E-state index >= 15 is 0 Å². The zero-order chi connectivity index (χ0) is 18.8. The van der Waals surface area contributed by atoms with Crippen LogP contribution in [0.25, 0.3) is 0 Å². The van der Waals surface area contributed by atoms with Gasteiger partial charge in [0.05, 0.1) is 17.9 Å². The Hall–Kier alpha value is -2.20. The lowest BCUT2D eigenvalue weighted by atomic mass is 10.2. The standard InChI is InChI=1S/C15H12BrF2NO5S/c1-2-24-13-4-3-8(16)5-14(13)25(22,23)19-12-6-9(15(20)21)10(17)7-11(12)18/h3-7,19H,2H2,1H3,(H,20,21). The van der Waals surface area contributed by atoms with Crippen molar-refractivity contribution in [2.75, 3.05) is 11.3 Å². The third-order valence-corrected chi connectivity index (χ3v) is 4.91. The summed E-state index contributed by atoms with van der Waals surface area (Å²) in [5.41, 5.74) is -1.56. The highest BCUT2D eigenvalue weighted by Gasteiger charge is 2.24. The minimum Gasteiger partial charge on any atom is -0.492 e. The summed E-state index contributed by atoms with van der Waals surface area (Å²) in [6.45, 7) is 1.85. The number of hydrogen-bond acceptors (Lipinski definition) is 4. The molecule has 2 N–H and O–H groups in total. The fourth-order valence-electron chi connectivity index (χ4n) is 1.96. The van der Waals surface area contributed by atoms with Gasteiger partial charge < -0.3 is 9.84 Å². The average molecular weight is 436 g/mol. The molecule has 0 aliphatic rings. The Balaban J connectivity index is 2.52. The minimum atomic E-state index is -4.33. The van der Waals surface area contributed by atoms with Crippen LogP contribution < -0.4 is 9.46 Å². The topological polar surface area (TPSA) is 92.7 Å². The second-order valence-electron chi connectivity index (χ2n) is 4.75. The molecule has 134 valence electrons. The normalized spacial score (nSPS) is 11.2. The van der Waals surface area contributed by atoms with Gasteiger partial charge in [-0.3, -0.25) is 4.72 Å². The maximum absolute atomic E-state index is 13.9. The van der Waals surface area contributed by atoms with Gasteiger partial charge in [0.1, 0.15) is 22.3 Å². The number of carbonyl (C=O) groups is 1. The Labute approximate surface area is 150 Å². The Morgan fingerprint density at radius 3 is 2.52 bits per heavy atom. The summed E-state index contributed by atoms with van der Waals surface area (Å²) in [7, 11) is -4.33. The first-order valence-corrected chi connectivity index (χ1v) is 9.11. The van der Waals surface area contributed by atoms with E-state index in [0.29, 0.717) is 16.6 Å². The predicted molar refractivity (Wildman–Crippen MR) is 89.4 cm³/mol. The first kappa shape index (κ1) is 19.1. The number of anilines is 1. The maximum atomic E-state index is 13.9. The predicted octanol–water partition coefficient (Wildman–Crippen LogP) is 3.63. The number of carboxylic acids is 1. The van der Waals surface area contributed by atoms with Crippen molar-refractivity contribution >= 4 is 37.6 Å². The van der Waals surface area contributed by atoms with Gasteiger partial charge >= 0.3 is 5.97 Å². The third-order valence-electron chi connectivity index (χ3n) is 3.03. The van der Waals surface area contributed by atoms with E-state index in [-0.39, 0.29) is 17.3 Å². The van der Waals surface area contributed by atoms with Gasteiger partial charge in [-0.2, -0.15) is 0 Å². The van der Waals surface area contributed by atoms with Gasteiger partial charge in [-0.05, 0) is 31.2 Å². The summed E-state index contributed by atoms with van der Waals surface area (Å²) in [4.78, 5) is 10.7. The van der Waals surface area contributed by atoms with Crippen LogP contribution >= 0.6 is 15.9 Å². The number of aromatic carboxylic acids is 1. The average Bonchev–Trinajstić information content (AvgIpc) is 2.51. The molecule has 0 amide bonds. The smallest absolute Gasteiger partial charge is 0.338 e. The van der Waals surface area contributed by atoms with Crippen molar-refractivity contribution in [2.24, 2.45) is 0 Å². The third kappa shape index (κ3) is 4.26. The molecule has 25 heavy (non-hydrogen) atoms. The number of sulfonamides is 1. The number of carboxylic acid groups (broad SMARTS) is 1. The molecule has 0 spiro atoms. The fourth-order valence-corrected chi connectivity index (χ4v) is 3.70. The number of rotatable bonds is 6. The lowest BCUT2D eigenvalue weighted by Crippen LogP contribution is -2.16. The fraction of sp³-hybridized carbons (Fsp3) is 0.133. The molecule has 10 heteroatoms. The molecule has 0 aliphatic heterocycles. The molecular weight excluding hydrogens is 424 g/mol. The second-order valence-corrected chi connectivity index (χ2v) is 7.31. The monoisotopic (exact) mass is 435 g/mol. The summed E-state index contributed by atoms with van der Waals surface area (Å²) in [6.07, 6.45) is 0. The quantitative estimate of drug-likeness (QED) is 0.722. The minimum absolute atomic E-state index is 0.0270. The van der Waals surface area contributed by atoms with Gasteiger partial charge in [0, 0.05) is 10.5 Å². The molecule has 0 aliphatic carbocycles. The van der Waals surface area contributed by atoms with Crippen LogP contribution in [-0.2, 0) is 10.0 Å². The van der Waals surface area contributed by atoms with Crippen LogP contribution in [0.1, 0.15) is 17.3 Å². The zero-order valence-corrected chi connectivity index (χ0v) is 15.1.